The Kier molecular flexibility index (Phi) is 4.19. The van der Waals surface area contributed by atoms with Crippen LogP contribution in [-0.4, -0.2) is 51.3 Å². The molecule has 2 aliphatic heterocycles. The van der Waals surface area contributed by atoms with Crippen LogP contribution in [0.1, 0.15) is 29.2 Å². The number of ether oxygens (including phenoxy) is 2. The maximum atomic E-state index is 6.15. The Morgan fingerprint density at radius 1 is 1.57 bits per heavy atom. The number of hydrogen-bond acceptors (Lipinski definition) is 6. The molecule has 1 spiro atoms. The highest BCUT2D eigenvalue weighted by Crippen LogP contribution is 2.36. The number of nitrogens with one attached hydrogen (secondary N) is 1. The SMILES string of the molecule is Cc1nc(COC2COC3(CCN(Cc4cnc[nH]4)C3)C2)cs1. The molecule has 2 aromatic rings. The van der Waals surface area contributed by atoms with Crippen molar-refractivity contribution >= 4 is 11.3 Å². The van der Waals surface area contributed by atoms with E-state index in [1.165, 1.54) is 0 Å². The van der Waals surface area contributed by atoms with Crippen LogP contribution in [0.5, 0.6) is 0 Å². The highest BCUT2D eigenvalue weighted by Gasteiger charge is 2.45. The molecule has 2 aromatic heterocycles. The van der Waals surface area contributed by atoms with Crippen LogP contribution >= 0.6 is 11.3 Å². The van der Waals surface area contributed by atoms with Gasteiger partial charge in [-0.15, -0.1) is 11.3 Å². The number of thiazole rings is 1. The summed E-state index contributed by atoms with van der Waals surface area (Å²) in [4.78, 5) is 14.1. The zero-order valence-corrected chi connectivity index (χ0v) is 14.1. The fraction of sp³-hybridized carbons (Fsp3) is 0.625. The second-order valence-electron chi connectivity index (χ2n) is 6.53. The molecule has 2 unspecified atom stereocenters. The molecule has 7 heteroatoms. The van der Waals surface area contributed by atoms with Crippen molar-refractivity contribution in [1.82, 2.24) is 19.9 Å². The van der Waals surface area contributed by atoms with Gasteiger partial charge in [0, 0.05) is 43.3 Å². The third-order valence-electron chi connectivity index (χ3n) is 4.65. The number of likely N-dealkylation sites (tertiary alicyclic amines) is 1. The maximum Gasteiger partial charge on any atom is 0.0922 e. The summed E-state index contributed by atoms with van der Waals surface area (Å²) in [6, 6.07) is 0. The summed E-state index contributed by atoms with van der Waals surface area (Å²) in [5.41, 5.74) is 2.16. The molecule has 4 rings (SSSR count). The molecule has 0 aliphatic carbocycles. The highest BCUT2D eigenvalue weighted by molar-refractivity contribution is 7.09. The quantitative estimate of drug-likeness (QED) is 0.907. The van der Waals surface area contributed by atoms with Gasteiger partial charge >= 0.3 is 0 Å². The third-order valence-corrected chi connectivity index (χ3v) is 5.48. The van der Waals surface area contributed by atoms with Crippen molar-refractivity contribution in [2.45, 2.75) is 44.6 Å². The van der Waals surface area contributed by atoms with E-state index in [9.17, 15) is 0 Å². The Hall–Kier alpha value is -1.28. The zero-order valence-electron chi connectivity index (χ0n) is 13.3. The third kappa shape index (κ3) is 3.47. The first-order valence-corrected chi connectivity index (χ1v) is 8.95. The van der Waals surface area contributed by atoms with Crippen molar-refractivity contribution in [3.05, 3.63) is 34.3 Å². The fourth-order valence-corrected chi connectivity index (χ4v) is 4.14. The summed E-state index contributed by atoms with van der Waals surface area (Å²) in [6.07, 6.45) is 5.87. The largest absolute Gasteiger partial charge is 0.371 e. The summed E-state index contributed by atoms with van der Waals surface area (Å²) in [7, 11) is 0. The van der Waals surface area contributed by atoms with E-state index in [4.69, 9.17) is 9.47 Å². The van der Waals surface area contributed by atoms with Gasteiger partial charge in [-0.25, -0.2) is 9.97 Å². The minimum atomic E-state index is -0.0251. The lowest BCUT2D eigenvalue weighted by Gasteiger charge is -2.23. The first-order valence-electron chi connectivity index (χ1n) is 8.07. The van der Waals surface area contributed by atoms with Crippen molar-refractivity contribution in [2.24, 2.45) is 0 Å². The molecule has 0 amide bonds. The lowest BCUT2D eigenvalue weighted by atomic mass is 9.98. The number of hydrogen-bond donors (Lipinski definition) is 1. The Bertz CT molecular complexity index is 644. The van der Waals surface area contributed by atoms with Crippen LogP contribution in [0.2, 0.25) is 0 Å². The first kappa shape index (κ1) is 15.3. The molecular formula is C16H22N4O2S. The molecule has 2 aliphatic rings. The summed E-state index contributed by atoms with van der Waals surface area (Å²) < 4.78 is 12.2. The molecular weight excluding hydrogens is 312 g/mol. The average Bonchev–Trinajstić information content (AvgIpc) is 3.29. The van der Waals surface area contributed by atoms with Gasteiger partial charge in [-0.1, -0.05) is 0 Å². The molecule has 124 valence electrons. The second-order valence-corrected chi connectivity index (χ2v) is 7.59. The molecule has 0 saturated carbocycles. The molecule has 6 nitrogen and oxygen atoms in total. The number of imidazole rings is 1. The van der Waals surface area contributed by atoms with Crippen LogP contribution < -0.4 is 0 Å². The zero-order chi connectivity index (χ0) is 15.7. The van der Waals surface area contributed by atoms with E-state index in [1.54, 1.807) is 17.7 Å². The van der Waals surface area contributed by atoms with E-state index in [0.717, 1.165) is 48.9 Å². The summed E-state index contributed by atoms with van der Waals surface area (Å²) >= 11 is 1.67. The van der Waals surface area contributed by atoms with E-state index in [2.05, 4.69) is 25.2 Å². The molecule has 2 atom stereocenters. The Balaban J connectivity index is 1.28. The van der Waals surface area contributed by atoms with Gasteiger partial charge < -0.3 is 14.5 Å². The molecule has 0 bridgehead atoms. The monoisotopic (exact) mass is 334 g/mol. The van der Waals surface area contributed by atoms with Crippen molar-refractivity contribution in [3.63, 3.8) is 0 Å². The summed E-state index contributed by atoms with van der Waals surface area (Å²) in [6.45, 7) is 6.26. The standard InChI is InChI=1S/C16H22N4O2S/c1-12-19-14(9-23-12)7-21-15-4-16(22-8-15)2-3-20(10-16)6-13-5-17-11-18-13/h5,9,11,15H,2-4,6-8,10H2,1H3,(H,17,18). The lowest BCUT2D eigenvalue weighted by molar-refractivity contribution is -0.000792. The van der Waals surface area contributed by atoms with Crippen LogP contribution in [0, 0.1) is 6.92 Å². The predicted molar refractivity (Wildman–Crippen MR) is 87.2 cm³/mol. The van der Waals surface area contributed by atoms with Crippen LogP contribution in [0.25, 0.3) is 0 Å². The summed E-state index contributed by atoms with van der Waals surface area (Å²) in [5, 5.41) is 3.16. The topological polar surface area (TPSA) is 63.3 Å². The molecule has 4 heterocycles. The molecule has 1 N–H and O–H groups in total. The number of aromatic amines is 1. The van der Waals surface area contributed by atoms with E-state index in [1.807, 2.05) is 13.1 Å². The predicted octanol–water partition coefficient (Wildman–Crippen LogP) is 2.12. The van der Waals surface area contributed by atoms with Gasteiger partial charge in [0.1, 0.15) is 0 Å². The van der Waals surface area contributed by atoms with E-state index in [-0.39, 0.29) is 11.7 Å². The number of nitrogens with zero attached hydrogens (tertiary/aromatic N) is 3. The Labute approximate surface area is 139 Å². The van der Waals surface area contributed by atoms with Crippen LogP contribution in [0.15, 0.2) is 17.9 Å². The van der Waals surface area contributed by atoms with Crippen molar-refractivity contribution in [3.8, 4) is 0 Å². The van der Waals surface area contributed by atoms with Crippen molar-refractivity contribution < 1.29 is 9.47 Å². The summed E-state index contributed by atoms with van der Waals surface area (Å²) in [5.74, 6) is 0. The van der Waals surface area contributed by atoms with Gasteiger partial charge in [0.15, 0.2) is 0 Å². The van der Waals surface area contributed by atoms with Gasteiger partial charge in [0.25, 0.3) is 0 Å². The minimum absolute atomic E-state index is 0.0251. The molecule has 23 heavy (non-hydrogen) atoms. The van der Waals surface area contributed by atoms with Crippen molar-refractivity contribution in [1.29, 1.82) is 0 Å². The normalized spacial score (nSPS) is 28.1. The van der Waals surface area contributed by atoms with Gasteiger partial charge in [-0.05, 0) is 13.3 Å². The van der Waals surface area contributed by atoms with Crippen LogP contribution in [0.3, 0.4) is 0 Å². The number of aryl methyl sites for hydroxylation is 1. The van der Waals surface area contributed by atoms with Crippen LogP contribution in [0.4, 0.5) is 0 Å². The first-order chi connectivity index (χ1) is 11.2. The Morgan fingerprint density at radius 3 is 3.30 bits per heavy atom. The molecule has 2 fully saturated rings. The lowest BCUT2D eigenvalue weighted by Crippen LogP contribution is -2.33. The van der Waals surface area contributed by atoms with Gasteiger partial charge in [0.2, 0.25) is 0 Å². The van der Waals surface area contributed by atoms with E-state index < -0.39 is 0 Å². The average molecular weight is 334 g/mol. The minimum Gasteiger partial charge on any atom is -0.371 e. The smallest absolute Gasteiger partial charge is 0.0922 e. The maximum absolute atomic E-state index is 6.15. The van der Waals surface area contributed by atoms with Crippen LogP contribution in [-0.2, 0) is 22.6 Å². The van der Waals surface area contributed by atoms with E-state index in [0.29, 0.717) is 13.2 Å². The molecule has 0 aromatic carbocycles. The van der Waals surface area contributed by atoms with Gasteiger partial charge in [-0.2, -0.15) is 0 Å². The molecule has 2 saturated heterocycles. The fourth-order valence-electron chi connectivity index (χ4n) is 3.55. The van der Waals surface area contributed by atoms with E-state index >= 15 is 0 Å². The number of H-pyrrole nitrogens is 1. The Morgan fingerprint density at radius 2 is 2.52 bits per heavy atom. The number of aromatic nitrogens is 3. The highest BCUT2D eigenvalue weighted by atomic mass is 32.1. The molecule has 0 radical (unpaired) electrons. The van der Waals surface area contributed by atoms with Gasteiger partial charge in [0.05, 0.1) is 41.9 Å². The number of rotatable bonds is 5. The van der Waals surface area contributed by atoms with Gasteiger partial charge in [-0.3, -0.25) is 4.90 Å². The second kappa shape index (κ2) is 6.32. The van der Waals surface area contributed by atoms with Crippen molar-refractivity contribution in [2.75, 3.05) is 19.7 Å².